The molecule has 0 bridgehead atoms. The van der Waals surface area contributed by atoms with Crippen molar-refractivity contribution in [3.63, 3.8) is 0 Å². The van der Waals surface area contributed by atoms with Gasteiger partial charge in [0.1, 0.15) is 6.54 Å². The maximum atomic E-state index is 12.3. The van der Waals surface area contributed by atoms with Crippen molar-refractivity contribution in [3.8, 4) is 0 Å². The van der Waals surface area contributed by atoms with Gasteiger partial charge in [-0.05, 0) is 44.7 Å². The highest BCUT2D eigenvalue weighted by molar-refractivity contribution is 7.92. The molecule has 1 aliphatic rings. The van der Waals surface area contributed by atoms with Crippen LogP contribution in [0.2, 0.25) is 0 Å². The molecular formula is C17H26N2O3S. The molecule has 1 aromatic rings. The van der Waals surface area contributed by atoms with Crippen LogP contribution in [-0.4, -0.2) is 33.2 Å². The second-order valence-corrected chi connectivity index (χ2v) is 8.47. The Morgan fingerprint density at radius 2 is 1.70 bits per heavy atom. The monoisotopic (exact) mass is 338 g/mol. The van der Waals surface area contributed by atoms with Gasteiger partial charge in [0.05, 0.1) is 11.9 Å². The maximum Gasteiger partial charge on any atom is 0.240 e. The van der Waals surface area contributed by atoms with Crippen molar-refractivity contribution < 1.29 is 13.2 Å². The fraction of sp³-hybridized carbons (Fsp3) is 0.588. The minimum Gasteiger partial charge on any atom is -0.352 e. The third-order valence-corrected chi connectivity index (χ3v) is 5.40. The van der Waals surface area contributed by atoms with Gasteiger partial charge in [0.25, 0.3) is 0 Å². The van der Waals surface area contributed by atoms with E-state index in [4.69, 9.17) is 0 Å². The molecule has 6 heteroatoms. The van der Waals surface area contributed by atoms with Crippen molar-refractivity contribution in [1.29, 1.82) is 0 Å². The highest BCUT2D eigenvalue weighted by atomic mass is 32.2. The number of hydrogen-bond acceptors (Lipinski definition) is 3. The van der Waals surface area contributed by atoms with Gasteiger partial charge in [0.15, 0.2) is 0 Å². The summed E-state index contributed by atoms with van der Waals surface area (Å²) in [5.74, 6) is -0.235. The molecule has 1 amide bonds. The second kappa shape index (κ2) is 6.91. The van der Waals surface area contributed by atoms with Crippen LogP contribution < -0.4 is 9.62 Å². The van der Waals surface area contributed by atoms with Crippen molar-refractivity contribution in [2.75, 3.05) is 17.1 Å². The van der Waals surface area contributed by atoms with Crippen LogP contribution in [0.5, 0.6) is 0 Å². The summed E-state index contributed by atoms with van der Waals surface area (Å²) < 4.78 is 25.7. The van der Waals surface area contributed by atoms with Crippen molar-refractivity contribution >= 4 is 21.6 Å². The van der Waals surface area contributed by atoms with E-state index < -0.39 is 10.0 Å². The summed E-state index contributed by atoms with van der Waals surface area (Å²) in [7, 11) is -3.53. The van der Waals surface area contributed by atoms with Crippen LogP contribution in [0, 0.1) is 20.8 Å². The summed E-state index contributed by atoms with van der Waals surface area (Å²) in [4.78, 5) is 12.3. The highest BCUT2D eigenvalue weighted by Gasteiger charge is 2.25. The van der Waals surface area contributed by atoms with E-state index in [1.165, 1.54) is 4.31 Å². The maximum absolute atomic E-state index is 12.3. The second-order valence-electron chi connectivity index (χ2n) is 6.57. The molecule has 2 rings (SSSR count). The van der Waals surface area contributed by atoms with E-state index in [9.17, 15) is 13.2 Å². The Morgan fingerprint density at radius 1 is 1.17 bits per heavy atom. The number of carbonyl (C=O) groups is 1. The molecule has 0 saturated heterocycles. The average molecular weight is 338 g/mol. The van der Waals surface area contributed by atoms with Gasteiger partial charge in [0.2, 0.25) is 15.9 Å². The van der Waals surface area contributed by atoms with Crippen molar-refractivity contribution in [2.24, 2.45) is 0 Å². The Bertz CT molecular complexity index is 669. The number of amides is 1. The van der Waals surface area contributed by atoms with E-state index in [1.54, 1.807) is 0 Å². The lowest BCUT2D eigenvalue weighted by molar-refractivity contribution is -0.120. The van der Waals surface area contributed by atoms with Gasteiger partial charge < -0.3 is 5.32 Å². The molecule has 1 aliphatic carbocycles. The predicted octanol–water partition coefficient (Wildman–Crippen LogP) is 2.44. The molecule has 5 nitrogen and oxygen atoms in total. The smallest absolute Gasteiger partial charge is 0.240 e. The molecule has 0 atom stereocenters. The molecule has 1 saturated carbocycles. The Hall–Kier alpha value is -1.56. The number of nitrogens with zero attached hydrogens (tertiary/aromatic N) is 1. The zero-order chi connectivity index (χ0) is 17.2. The predicted molar refractivity (Wildman–Crippen MR) is 93.2 cm³/mol. The number of rotatable bonds is 5. The van der Waals surface area contributed by atoms with Crippen LogP contribution in [0.3, 0.4) is 0 Å². The molecule has 0 spiro atoms. The van der Waals surface area contributed by atoms with Gasteiger partial charge in [-0.3, -0.25) is 9.10 Å². The standard InChI is InChI=1S/C17H26N2O3S/c1-12-9-13(2)17(14(3)10-12)19(23(4,21)22)11-16(20)18-15-7-5-6-8-15/h9-10,15H,5-8,11H2,1-4H3,(H,18,20). The number of hydrogen-bond donors (Lipinski definition) is 1. The average Bonchev–Trinajstić information content (AvgIpc) is 2.88. The SMILES string of the molecule is Cc1cc(C)c(N(CC(=O)NC2CCCC2)S(C)(=O)=O)c(C)c1. The number of sulfonamides is 1. The first kappa shape index (κ1) is 17.8. The fourth-order valence-corrected chi connectivity index (χ4v) is 4.37. The summed E-state index contributed by atoms with van der Waals surface area (Å²) >= 11 is 0. The van der Waals surface area contributed by atoms with E-state index in [0.29, 0.717) is 5.69 Å². The largest absolute Gasteiger partial charge is 0.352 e. The van der Waals surface area contributed by atoms with Crippen molar-refractivity contribution in [1.82, 2.24) is 5.32 Å². The first-order valence-corrected chi connectivity index (χ1v) is 9.88. The number of carbonyl (C=O) groups excluding carboxylic acids is 1. The Morgan fingerprint density at radius 3 is 2.17 bits per heavy atom. The van der Waals surface area contributed by atoms with Crippen LogP contribution in [0.15, 0.2) is 12.1 Å². The van der Waals surface area contributed by atoms with Crippen LogP contribution in [0.4, 0.5) is 5.69 Å². The number of benzene rings is 1. The topological polar surface area (TPSA) is 66.5 Å². The Balaban J connectivity index is 2.26. The Kier molecular flexibility index (Phi) is 5.34. The van der Waals surface area contributed by atoms with E-state index in [2.05, 4.69) is 5.32 Å². The summed E-state index contributed by atoms with van der Waals surface area (Å²) in [6.07, 6.45) is 5.35. The number of anilines is 1. The lowest BCUT2D eigenvalue weighted by Gasteiger charge is -2.26. The molecule has 0 heterocycles. The fourth-order valence-electron chi connectivity index (χ4n) is 3.40. The number of aryl methyl sites for hydroxylation is 3. The highest BCUT2D eigenvalue weighted by Crippen LogP contribution is 2.28. The van der Waals surface area contributed by atoms with E-state index in [0.717, 1.165) is 48.6 Å². The number of nitrogens with one attached hydrogen (secondary N) is 1. The lowest BCUT2D eigenvalue weighted by atomic mass is 10.1. The molecule has 128 valence electrons. The molecule has 23 heavy (non-hydrogen) atoms. The van der Waals surface area contributed by atoms with Gasteiger partial charge >= 0.3 is 0 Å². The van der Waals surface area contributed by atoms with Gasteiger partial charge in [-0.2, -0.15) is 0 Å². The van der Waals surface area contributed by atoms with Gasteiger partial charge in [-0.25, -0.2) is 8.42 Å². The molecule has 0 aromatic heterocycles. The first-order valence-electron chi connectivity index (χ1n) is 8.03. The molecule has 1 fully saturated rings. The van der Waals surface area contributed by atoms with Gasteiger partial charge in [-0.15, -0.1) is 0 Å². The van der Waals surface area contributed by atoms with Crippen molar-refractivity contribution in [2.45, 2.75) is 52.5 Å². The lowest BCUT2D eigenvalue weighted by Crippen LogP contribution is -2.43. The van der Waals surface area contributed by atoms with E-state index in [1.807, 2.05) is 32.9 Å². The minimum absolute atomic E-state index is 0.167. The van der Waals surface area contributed by atoms with Crippen LogP contribution in [0.1, 0.15) is 42.4 Å². The summed E-state index contributed by atoms with van der Waals surface area (Å²) in [5, 5.41) is 2.96. The normalized spacial score (nSPS) is 15.7. The molecular weight excluding hydrogens is 312 g/mol. The van der Waals surface area contributed by atoms with Crippen LogP contribution in [-0.2, 0) is 14.8 Å². The van der Waals surface area contributed by atoms with E-state index in [-0.39, 0.29) is 18.5 Å². The molecule has 0 aliphatic heterocycles. The third kappa shape index (κ3) is 4.47. The van der Waals surface area contributed by atoms with E-state index >= 15 is 0 Å². The third-order valence-electron chi connectivity index (χ3n) is 4.29. The quantitative estimate of drug-likeness (QED) is 0.897. The van der Waals surface area contributed by atoms with Crippen molar-refractivity contribution in [3.05, 3.63) is 28.8 Å². The zero-order valence-corrected chi connectivity index (χ0v) is 15.2. The van der Waals surface area contributed by atoms with Crippen LogP contribution in [0.25, 0.3) is 0 Å². The van der Waals surface area contributed by atoms with Crippen LogP contribution >= 0.6 is 0 Å². The summed E-state index contributed by atoms with van der Waals surface area (Å²) in [5.41, 5.74) is 3.41. The Labute approximate surface area is 139 Å². The van der Waals surface area contributed by atoms with Gasteiger partial charge in [0, 0.05) is 6.04 Å². The molecule has 1 N–H and O–H groups in total. The molecule has 0 unspecified atom stereocenters. The van der Waals surface area contributed by atoms with Gasteiger partial charge in [-0.1, -0.05) is 30.5 Å². The molecule has 1 aromatic carbocycles. The first-order chi connectivity index (χ1) is 10.7. The summed E-state index contributed by atoms with van der Waals surface area (Å²) in [6.45, 7) is 5.56. The zero-order valence-electron chi connectivity index (χ0n) is 14.3. The molecule has 0 radical (unpaired) electrons. The summed E-state index contributed by atoms with van der Waals surface area (Å²) in [6, 6.07) is 4.06. The minimum atomic E-state index is -3.53.